The predicted octanol–water partition coefficient (Wildman–Crippen LogP) is 1.02. The van der Waals surface area contributed by atoms with Gasteiger partial charge in [-0.2, -0.15) is 0 Å². The van der Waals surface area contributed by atoms with E-state index in [4.69, 9.17) is 10.5 Å². The van der Waals surface area contributed by atoms with Crippen LogP contribution < -0.4 is 16.4 Å². The molecule has 0 saturated carbocycles. The van der Waals surface area contributed by atoms with E-state index >= 15 is 0 Å². The van der Waals surface area contributed by atoms with Gasteiger partial charge >= 0.3 is 6.09 Å². The maximum absolute atomic E-state index is 13.0. The maximum atomic E-state index is 13.0. The molecule has 0 aliphatic rings. The van der Waals surface area contributed by atoms with Gasteiger partial charge in [0.2, 0.25) is 11.8 Å². The van der Waals surface area contributed by atoms with Crippen LogP contribution in [-0.2, 0) is 27.4 Å². The summed E-state index contributed by atoms with van der Waals surface area (Å²) >= 11 is 0. The summed E-state index contributed by atoms with van der Waals surface area (Å²) in [5.41, 5.74) is 6.74. The number of hydrogen-bond acceptors (Lipinski definition) is 5. The molecule has 0 heterocycles. The lowest BCUT2D eigenvalue weighted by atomic mass is 10.0. The Morgan fingerprint density at radius 2 is 1.70 bits per heavy atom. The molecule has 3 amide bonds. The fraction of sp³-hybridized carbons (Fsp3) is 0.286. The summed E-state index contributed by atoms with van der Waals surface area (Å²) in [6.07, 6.45) is -2.19. The molecule has 0 fully saturated rings. The Labute approximate surface area is 173 Å². The van der Waals surface area contributed by atoms with Crippen LogP contribution in [0.2, 0.25) is 0 Å². The Morgan fingerprint density at radius 1 is 1.03 bits per heavy atom. The van der Waals surface area contributed by atoms with Crippen molar-refractivity contribution in [1.82, 2.24) is 10.6 Å². The van der Waals surface area contributed by atoms with Crippen LogP contribution in [0, 0.1) is 5.82 Å². The second-order valence-electron chi connectivity index (χ2n) is 6.65. The summed E-state index contributed by atoms with van der Waals surface area (Å²) in [4.78, 5) is 35.3. The predicted molar refractivity (Wildman–Crippen MR) is 106 cm³/mol. The quantitative estimate of drug-likeness (QED) is 0.458. The lowest BCUT2D eigenvalue weighted by Gasteiger charge is -2.17. The second kappa shape index (κ2) is 11.5. The number of hydrogen-bond donors (Lipinski definition) is 4. The Balaban J connectivity index is 1.73. The molecule has 2 rings (SSSR count). The van der Waals surface area contributed by atoms with Crippen molar-refractivity contribution in [2.24, 2.45) is 5.73 Å². The van der Waals surface area contributed by atoms with Gasteiger partial charge in [0.15, 0.2) is 0 Å². The monoisotopic (exact) mass is 417 g/mol. The molecule has 0 aliphatic heterocycles. The molecule has 0 aliphatic carbocycles. The van der Waals surface area contributed by atoms with Crippen molar-refractivity contribution in [3.63, 3.8) is 0 Å². The van der Waals surface area contributed by atoms with Crippen molar-refractivity contribution in [3.05, 3.63) is 71.5 Å². The van der Waals surface area contributed by atoms with E-state index in [1.807, 2.05) is 18.2 Å². The number of alkyl carbamates (subject to hydrolysis) is 1. The topological polar surface area (TPSA) is 131 Å². The average Bonchev–Trinajstić information content (AvgIpc) is 2.72. The van der Waals surface area contributed by atoms with Crippen molar-refractivity contribution in [2.45, 2.75) is 31.6 Å². The van der Waals surface area contributed by atoms with Crippen molar-refractivity contribution in [3.8, 4) is 0 Å². The third-order valence-corrected chi connectivity index (χ3v) is 4.15. The van der Waals surface area contributed by atoms with Crippen molar-refractivity contribution in [2.75, 3.05) is 6.54 Å². The van der Waals surface area contributed by atoms with E-state index < -0.39 is 35.9 Å². The van der Waals surface area contributed by atoms with Crippen LogP contribution in [-0.4, -0.2) is 41.7 Å². The van der Waals surface area contributed by atoms with E-state index in [-0.39, 0.29) is 26.0 Å². The number of amides is 3. The Bertz CT molecular complexity index is 845. The fourth-order valence-corrected chi connectivity index (χ4v) is 2.59. The van der Waals surface area contributed by atoms with Crippen molar-refractivity contribution in [1.29, 1.82) is 0 Å². The van der Waals surface area contributed by atoms with Crippen LogP contribution in [0.4, 0.5) is 9.18 Å². The van der Waals surface area contributed by atoms with Crippen LogP contribution in [0.3, 0.4) is 0 Å². The van der Waals surface area contributed by atoms with Gasteiger partial charge in [0, 0.05) is 13.0 Å². The SMILES string of the molecule is NC(=O)[C@H](Cc1ccc(F)cc1)NC(=O)C[C@@H](O)CNC(=O)OCc1ccccc1. The van der Waals surface area contributed by atoms with Gasteiger partial charge in [0.05, 0.1) is 12.5 Å². The van der Waals surface area contributed by atoms with Crippen LogP contribution >= 0.6 is 0 Å². The molecule has 0 radical (unpaired) electrons. The molecule has 160 valence electrons. The molecule has 0 unspecified atom stereocenters. The summed E-state index contributed by atoms with van der Waals surface area (Å²) in [6.45, 7) is -0.132. The molecule has 0 aromatic heterocycles. The van der Waals surface area contributed by atoms with Crippen molar-refractivity contribution >= 4 is 17.9 Å². The molecule has 0 spiro atoms. The third kappa shape index (κ3) is 8.27. The first kappa shape index (κ1) is 22.8. The number of aliphatic hydroxyl groups is 1. The maximum Gasteiger partial charge on any atom is 0.407 e. The zero-order chi connectivity index (χ0) is 21.9. The smallest absolute Gasteiger partial charge is 0.407 e. The zero-order valence-electron chi connectivity index (χ0n) is 16.2. The van der Waals surface area contributed by atoms with E-state index in [1.165, 1.54) is 24.3 Å². The largest absolute Gasteiger partial charge is 0.445 e. The average molecular weight is 417 g/mol. The first-order chi connectivity index (χ1) is 14.3. The number of benzene rings is 2. The molecule has 5 N–H and O–H groups in total. The number of aliphatic hydroxyl groups excluding tert-OH is 1. The van der Waals surface area contributed by atoms with Gasteiger partial charge in [0.25, 0.3) is 0 Å². The molecular weight excluding hydrogens is 393 g/mol. The van der Waals surface area contributed by atoms with Gasteiger partial charge in [-0.3, -0.25) is 9.59 Å². The lowest BCUT2D eigenvalue weighted by Crippen LogP contribution is -2.47. The van der Waals surface area contributed by atoms with Gasteiger partial charge in [-0.25, -0.2) is 9.18 Å². The highest BCUT2D eigenvalue weighted by atomic mass is 19.1. The summed E-state index contributed by atoms with van der Waals surface area (Å²) in [5, 5.41) is 14.7. The molecular formula is C21H24FN3O5. The summed E-state index contributed by atoms with van der Waals surface area (Å²) in [6, 6.07) is 13.5. The van der Waals surface area contributed by atoms with Gasteiger partial charge in [-0.05, 0) is 23.3 Å². The fourth-order valence-electron chi connectivity index (χ4n) is 2.59. The van der Waals surface area contributed by atoms with E-state index in [1.54, 1.807) is 12.1 Å². The lowest BCUT2D eigenvalue weighted by molar-refractivity contribution is -0.128. The normalized spacial score (nSPS) is 12.5. The Hall–Kier alpha value is -3.46. The number of ether oxygens (including phenoxy) is 1. The highest BCUT2D eigenvalue weighted by Gasteiger charge is 2.21. The highest BCUT2D eigenvalue weighted by Crippen LogP contribution is 2.06. The van der Waals surface area contributed by atoms with E-state index in [2.05, 4.69) is 10.6 Å². The Kier molecular flexibility index (Phi) is 8.76. The molecule has 0 saturated heterocycles. The number of carbonyl (C=O) groups is 3. The molecule has 30 heavy (non-hydrogen) atoms. The molecule has 8 nitrogen and oxygen atoms in total. The molecule has 9 heteroatoms. The highest BCUT2D eigenvalue weighted by molar-refractivity contribution is 5.87. The molecule has 2 atom stereocenters. The summed E-state index contributed by atoms with van der Waals surface area (Å²) in [7, 11) is 0. The summed E-state index contributed by atoms with van der Waals surface area (Å²) in [5.74, 6) is -1.80. The van der Waals surface area contributed by atoms with Crippen molar-refractivity contribution < 1.29 is 28.6 Å². The molecule has 0 bridgehead atoms. The number of carbonyl (C=O) groups excluding carboxylic acids is 3. The van der Waals surface area contributed by atoms with Gasteiger partial charge in [-0.15, -0.1) is 0 Å². The van der Waals surface area contributed by atoms with Crippen LogP contribution in [0.1, 0.15) is 17.5 Å². The number of primary amides is 1. The molecule has 2 aromatic carbocycles. The van der Waals surface area contributed by atoms with Crippen LogP contribution in [0.25, 0.3) is 0 Å². The third-order valence-electron chi connectivity index (χ3n) is 4.15. The summed E-state index contributed by atoms with van der Waals surface area (Å²) < 4.78 is 18.0. The van der Waals surface area contributed by atoms with Crippen LogP contribution in [0.5, 0.6) is 0 Å². The minimum absolute atomic E-state index is 0.0763. The van der Waals surface area contributed by atoms with E-state index in [0.717, 1.165) is 5.56 Å². The number of halogens is 1. The second-order valence-corrected chi connectivity index (χ2v) is 6.65. The molecule has 2 aromatic rings. The first-order valence-electron chi connectivity index (χ1n) is 9.29. The van der Waals surface area contributed by atoms with Gasteiger partial charge < -0.3 is 26.2 Å². The number of rotatable bonds is 10. The zero-order valence-corrected chi connectivity index (χ0v) is 16.2. The van der Waals surface area contributed by atoms with E-state index in [0.29, 0.717) is 5.56 Å². The van der Waals surface area contributed by atoms with Gasteiger partial charge in [-0.1, -0.05) is 42.5 Å². The number of nitrogens with one attached hydrogen (secondary N) is 2. The first-order valence-corrected chi connectivity index (χ1v) is 9.29. The standard InChI is InChI=1S/C21H24FN3O5/c22-16-8-6-14(7-9-16)10-18(20(23)28)25-19(27)11-17(26)12-24-21(29)30-13-15-4-2-1-3-5-15/h1-9,17-18,26H,10-13H2,(H2,23,28)(H,24,29)(H,25,27)/t17-,18+/m1/s1. The number of nitrogens with two attached hydrogens (primary N) is 1. The van der Waals surface area contributed by atoms with Crippen LogP contribution in [0.15, 0.2) is 54.6 Å². The Morgan fingerprint density at radius 3 is 2.33 bits per heavy atom. The minimum Gasteiger partial charge on any atom is -0.445 e. The van der Waals surface area contributed by atoms with Gasteiger partial charge in [0.1, 0.15) is 18.5 Å². The minimum atomic E-state index is -1.19. The van der Waals surface area contributed by atoms with E-state index in [9.17, 15) is 23.9 Å².